The van der Waals surface area contributed by atoms with Crippen LogP contribution in [-0.2, 0) is 9.84 Å². The van der Waals surface area contributed by atoms with E-state index < -0.39 is 15.7 Å². The molecule has 0 radical (unpaired) electrons. The number of sulfone groups is 1. The van der Waals surface area contributed by atoms with E-state index in [0.29, 0.717) is 11.2 Å². The van der Waals surface area contributed by atoms with Gasteiger partial charge in [0.1, 0.15) is 0 Å². The van der Waals surface area contributed by atoms with Gasteiger partial charge in [0.15, 0.2) is 15.5 Å². The average molecular weight is 477 g/mol. The monoisotopic (exact) mass is 476 g/mol. The van der Waals surface area contributed by atoms with Gasteiger partial charge in [0, 0.05) is 17.2 Å². The van der Waals surface area contributed by atoms with Crippen molar-refractivity contribution in [1.29, 1.82) is 0 Å². The van der Waals surface area contributed by atoms with Gasteiger partial charge in [0.05, 0.1) is 16.1 Å². The maximum Gasteiger partial charge on any atom is 0.271 e. The molecule has 34 heavy (non-hydrogen) atoms. The van der Waals surface area contributed by atoms with Crippen molar-refractivity contribution in [3.8, 4) is 11.1 Å². The molecule has 4 aliphatic rings. The molecule has 1 amide bonds. The maximum absolute atomic E-state index is 12.3. The smallest absolute Gasteiger partial charge is 0.271 e. The van der Waals surface area contributed by atoms with Gasteiger partial charge in [-0.1, -0.05) is 18.2 Å². The molecule has 4 bridgehead atoms. The third kappa shape index (κ3) is 3.64. The van der Waals surface area contributed by atoms with E-state index in [0.717, 1.165) is 53.5 Å². The highest BCUT2D eigenvalue weighted by Gasteiger charge is 2.51. The van der Waals surface area contributed by atoms with Gasteiger partial charge in [-0.2, -0.15) is 0 Å². The molecule has 0 unspecified atom stereocenters. The molecule has 8 heteroatoms. The molecular weight excluding hydrogens is 448 g/mol. The Morgan fingerprint density at radius 3 is 2.09 bits per heavy atom. The Morgan fingerprint density at radius 2 is 1.53 bits per heavy atom. The zero-order chi connectivity index (χ0) is 23.7. The molecular formula is C26H28N4O3S. The van der Waals surface area contributed by atoms with Crippen LogP contribution in [0.2, 0.25) is 0 Å². The van der Waals surface area contributed by atoms with Crippen LogP contribution in [0.5, 0.6) is 0 Å². The second-order valence-electron chi connectivity index (χ2n) is 10.6. The summed E-state index contributed by atoms with van der Waals surface area (Å²) in [4.78, 5) is 12.6. The van der Waals surface area contributed by atoms with E-state index >= 15 is 0 Å². The number of benzene rings is 2. The van der Waals surface area contributed by atoms with Gasteiger partial charge in [-0.3, -0.25) is 4.79 Å². The van der Waals surface area contributed by atoms with Crippen LogP contribution in [0.4, 0.5) is 5.69 Å². The molecule has 7 nitrogen and oxygen atoms in total. The largest absolute Gasteiger partial charge is 0.377 e. The number of hydrogen-bond donors (Lipinski definition) is 2. The number of carbonyl (C=O) groups is 1. The van der Waals surface area contributed by atoms with Crippen LogP contribution in [0, 0.1) is 17.8 Å². The minimum atomic E-state index is -3.25. The quantitative estimate of drug-likeness (QED) is 0.571. The molecule has 7 rings (SSSR count). The summed E-state index contributed by atoms with van der Waals surface area (Å²) in [5.41, 5.74) is 9.04. The van der Waals surface area contributed by atoms with Crippen LogP contribution in [0.25, 0.3) is 22.0 Å². The van der Waals surface area contributed by atoms with E-state index in [1.54, 1.807) is 24.3 Å². The number of nitrogens with two attached hydrogens (primary N) is 1. The lowest BCUT2D eigenvalue weighted by Gasteiger charge is -2.57. The van der Waals surface area contributed by atoms with Crippen LogP contribution in [-0.4, -0.2) is 36.3 Å². The molecule has 3 aromatic rings. The highest BCUT2D eigenvalue weighted by Crippen LogP contribution is 2.57. The highest BCUT2D eigenvalue weighted by molar-refractivity contribution is 7.90. The molecule has 0 spiro atoms. The van der Waals surface area contributed by atoms with Crippen molar-refractivity contribution < 1.29 is 13.2 Å². The fraction of sp³-hybridized carbons (Fsp3) is 0.423. The first-order valence-corrected chi connectivity index (χ1v) is 13.8. The molecule has 2 aromatic carbocycles. The van der Waals surface area contributed by atoms with Gasteiger partial charge >= 0.3 is 0 Å². The number of rotatable bonds is 5. The van der Waals surface area contributed by atoms with Crippen molar-refractivity contribution in [2.75, 3.05) is 11.6 Å². The third-order valence-electron chi connectivity index (χ3n) is 8.04. The summed E-state index contributed by atoms with van der Waals surface area (Å²) in [6.45, 7) is 0. The van der Waals surface area contributed by atoms with Gasteiger partial charge in [0.2, 0.25) is 0 Å². The first kappa shape index (κ1) is 21.5. The van der Waals surface area contributed by atoms with Crippen LogP contribution in [0.15, 0.2) is 47.4 Å². The number of nitrogens with zero attached hydrogens (tertiary/aromatic N) is 2. The van der Waals surface area contributed by atoms with Gasteiger partial charge in [-0.25, -0.2) is 8.42 Å². The zero-order valence-electron chi connectivity index (χ0n) is 19.1. The number of nitrogens with one attached hydrogen (secondary N) is 1. The number of primary amides is 1. The summed E-state index contributed by atoms with van der Waals surface area (Å²) in [6, 6.07) is 12.6. The summed E-state index contributed by atoms with van der Waals surface area (Å²) in [5, 5.41) is 13.2. The molecule has 4 fully saturated rings. The predicted molar refractivity (Wildman–Crippen MR) is 131 cm³/mol. The lowest BCUT2D eigenvalue weighted by molar-refractivity contribution is 0.0107. The summed E-state index contributed by atoms with van der Waals surface area (Å²) < 4.78 is 23.6. The Labute approximate surface area is 199 Å². The molecule has 1 aromatic heterocycles. The Morgan fingerprint density at radius 1 is 0.941 bits per heavy atom. The Kier molecular flexibility index (Phi) is 4.75. The minimum Gasteiger partial charge on any atom is -0.377 e. The normalized spacial score (nSPS) is 27.7. The first-order chi connectivity index (χ1) is 16.2. The van der Waals surface area contributed by atoms with Crippen molar-refractivity contribution in [1.82, 2.24) is 10.2 Å². The SMILES string of the molecule is CS(=O)(=O)c1ccc(-c2ccc3c(NC45CC6CC(CC(C6)C4)C5)c(C(N)=O)nnc3c2)cc1. The average Bonchev–Trinajstić information content (AvgIpc) is 2.77. The summed E-state index contributed by atoms with van der Waals surface area (Å²) in [7, 11) is -3.25. The number of aromatic nitrogens is 2. The third-order valence-corrected chi connectivity index (χ3v) is 9.17. The first-order valence-electron chi connectivity index (χ1n) is 11.9. The van der Waals surface area contributed by atoms with Gasteiger partial charge < -0.3 is 11.1 Å². The van der Waals surface area contributed by atoms with Crippen molar-refractivity contribution in [3.63, 3.8) is 0 Å². The van der Waals surface area contributed by atoms with E-state index in [1.165, 1.54) is 25.5 Å². The molecule has 3 N–H and O–H groups in total. The Bertz CT molecular complexity index is 1380. The van der Waals surface area contributed by atoms with Crippen LogP contribution in [0.3, 0.4) is 0 Å². The standard InChI is InChI=1S/C26H28N4O3S/c1-34(32,33)20-5-2-18(3-6-20)19-4-7-21-22(11-19)29-30-24(25(27)31)23(21)28-26-12-15-8-16(13-26)10-17(9-15)14-26/h2-7,11,15-17H,8-10,12-14H2,1H3,(H2,27,31)(H,28,29). The van der Waals surface area contributed by atoms with Crippen molar-refractivity contribution in [2.45, 2.75) is 49.0 Å². The lowest BCUT2D eigenvalue weighted by atomic mass is 9.53. The molecule has 1 heterocycles. The molecule has 4 aliphatic carbocycles. The minimum absolute atomic E-state index is 0.00490. The van der Waals surface area contributed by atoms with E-state index in [-0.39, 0.29) is 16.1 Å². The number of fused-ring (bicyclic) bond motifs is 1. The van der Waals surface area contributed by atoms with Gasteiger partial charge in [-0.15, -0.1) is 10.2 Å². The fourth-order valence-corrected chi connectivity index (χ4v) is 7.64. The van der Waals surface area contributed by atoms with E-state index in [1.807, 2.05) is 18.2 Å². The van der Waals surface area contributed by atoms with E-state index in [4.69, 9.17) is 5.73 Å². The molecule has 176 valence electrons. The summed E-state index contributed by atoms with van der Waals surface area (Å²) >= 11 is 0. The molecule has 4 saturated carbocycles. The fourth-order valence-electron chi connectivity index (χ4n) is 7.01. The highest BCUT2D eigenvalue weighted by atomic mass is 32.2. The second kappa shape index (κ2) is 7.50. The van der Waals surface area contributed by atoms with Crippen molar-refractivity contribution in [3.05, 3.63) is 48.2 Å². The number of carbonyl (C=O) groups excluding carboxylic acids is 1. The Balaban J connectivity index is 1.40. The summed E-state index contributed by atoms with van der Waals surface area (Å²) in [5.74, 6) is 1.71. The van der Waals surface area contributed by atoms with Crippen molar-refractivity contribution >= 4 is 32.3 Å². The van der Waals surface area contributed by atoms with Crippen LogP contribution >= 0.6 is 0 Å². The molecule has 0 aliphatic heterocycles. The number of amides is 1. The number of anilines is 1. The topological polar surface area (TPSA) is 115 Å². The van der Waals surface area contributed by atoms with Crippen LogP contribution < -0.4 is 11.1 Å². The van der Waals surface area contributed by atoms with E-state index in [9.17, 15) is 13.2 Å². The lowest BCUT2D eigenvalue weighted by Crippen LogP contribution is -2.55. The van der Waals surface area contributed by atoms with Crippen molar-refractivity contribution in [2.24, 2.45) is 23.5 Å². The van der Waals surface area contributed by atoms with Gasteiger partial charge in [-0.05, 0) is 91.7 Å². The summed E-state index contributed by atoms with van der Waals surface area (Å²) in [6.07, 6.45) is 8.59. The zero-order valence-corrected chi connectivity index (χ0v) is 19.9. The van der Waals surface area contributed by atoms with Gasteiger partial charge in [0.25, 0.3) is 5.91 Å². The molecule has 0 saturated heterocycles. The van der Waals surface area contributed by atoms with Crippen LogP contribution in [0.1, 0.15) is 49.0 Å². The maximum atomic E-state index is 12.3. The number of hydrogen-bond acceptors (Lipinski definition) is 6. The Hall–Kier alpha value is -3.00. The predicted octanol–water partition coefficient (Wildman–Crippen LogP) is 4.18. The molecule has 0 atom stereocenters. The second-order valence-corrected chi connectivity index (χ2v) is 12.7. The van der Waals surface area contributed by atoms with E-state index in [2.05, 4.69) is 15.5 Å².